The predicted molar refractivity (Wildman–Crippen MR) is 105 cm³/mol. The van der Waals surface area contributed by atoms with Crippen LogP contribution in [0.5, 0.6) is 5.75 Å². The topological polar surface area (TPSA) is 75.3 Å². The molecule has 28 heavy (non-hydrogen) atoms. The summed E-state index contributed by atoms with van der Waals surface area (Å²) in [5, 5.41) is 0. The van der Waals surface area contributed by atoms with Crippen LogP contribution in [0.2, 0.25) is 0 Å². The molecule has 5 rings (SSSR count). The lowest BCUT2D eigenvalue weighted by molar-refractivity contribution is 0.0633. The summed E-state index contributed by atoms with van der Waals surface area (Å²) >= 11 is 0. The van der Waals surface area contributed by atoms with Gasteiger partial charge in [-0.15, -0.1) is 0 Å². The number of H-pyrrole nitrogens is 1. The highest BCUT2D eigenvalue weighted by Crippen LogP contribution is 2.43. The fraction of sp³-hybridized carbons (Fsp3) is 0.500. The van der Waals surface area contributed by atoms with Gasteiger partial charge in [-0.1, -0.05) is 0 Å². The van der Waals surface area contributed by atoms with Crippen molar-refractivity contribution >= 4 is 5.91 Å². The number of aromatic nitrogens is 2. The van der Waals surface area contributed by atoms with E-state index < -0.39 is 0 Å². The molecule has 1 spiro atoms. The van der Waals surface area contributed by atoms with E-state index in [1.807, 2.05) is 30.0 Å². The number of likely N-dealkylation sites (tertiary alicyclic amines) is 1. The average molecular weight is 379 g/mol. The molecule has 1 amide bonds. The second-order valence-corrected chi connectivity index (χ2v) is 8.36. The number of rotatable bonds is 1. The number of aromatic amines is 1. The van der Waals surface area contributed by atoms with Crippen molar-refractivity contribution in [3.05, 3.63) is 56.8 Å². The molecular weight excluding hydrogens is 354 g/mol. The standard InChI is InChI=1S/C22H25N3O3/c1-14-23-19-17(20(26)24-14)7-9-22(19)8-3-10-25(13-22)21(27)16-5-6-18-15(12-16)4-2-11-28-18/h5-6,12H,2-4,7-11,13H2,1H3,(H,23,24,26). The van der Waals surface area contributed by atoms with Crippen LogP contribution in [0, 0.1) is 6.92 Å². The first-order valence-electron chi connectivity index (χ1n) is 10.2. The Morgan fingerprint density at radius 3 is 3.04 bits per heavy atom. The number of aryl methyl sites for hydroxylation is 2. The van der Waals surface area contributed by atoms with Gasteiger partial charge < -0.3 is 14.6 Å². The van der Waals surface area contributed by atoms with Crippen molar-refractivity contribution in [3.63, 3.8) is 0 Å². The van der Waals surface area contributed by atoms with E-state index in [9.17, 15) is 9.59 Å². The summed E-state index contributed by atoms with van der Waals surface area (Å²) in [6, 6.07) is 5.80. The van der Waals surface area contributed by atoms with Gasteiger partial charge in [0.15, 0.2) is 0 Å². The lowest BCUT2D eigenvalue weighted by Gasteiger charge is -2.40. The first kappa shape index (κ1) is 17.5. The summed E-state index contributed by atoms with van der Waals surface area (Å²) in [7, 11) is 0. The molecule has 1 saturated heterocycles. The summed E-state index contributed by atoms with van der Waals surface area (Å²) in [6.45, 7) is 3.97. The van der Waals surface area contributed by atoms with Crippen molar-refractivity contribution in [3.8, 4) is 5.75 Å². The molecular formula is C22H25N3O3. The van der Waals surface area contributed by atoms with Crippen LogP contribution in [0.1, 0.15) is 58.7 Å². The fourth-order valence-electron chi connectivity index (χ4n) is 5.14. The predicted octanol–water partition coefficient (Wildman–Crippen LogP) is 2.52. The van der Waals surface area contributed by atoms with E-state index >= 15 is 0 Å². The van der Waals surface area contributed by atoms with Gasteiger partial charge >= 0.3 is 0 Å². The number of amides is 1. The van der Waals surface area contributed by atoms with Gasteiger partial charge in [0, 0.05) is 29.6 Å². The molecule has 6 heteroatoms. The van der Waals surface area contributed by atoms with E-state index in [-0.39, 0.29) is 16.9 Å². The van der Waals surface area contributed by atoms with Gasteiger partial charge in [0.1, 0.15) is 11.6 Å². The number of hydrogen-bond donors (Lipinski definition) is 1. The van der Waals surface area contributed by atoms with E-state index in [4.69, 9.17) is 9.72 Å². The number of fused-ring (bicyclic) bond motifs is 3. The minimum atomic E-state index is -0.181. The molecule has 3 aliphatic rings. The maximum absolute atomic E-state index is 13.3. The van der Waals surface area contributed by atoms with E-state index in [0.717, 1.165) is 79.8 Å². The number of nitrogens with zero attached hydrogens (tertiary/aromatic N) is 2. The first-order valence-corrected chi connectivity index (χ1v) is 10.2. The second kappa shape index (κ2) is 6.47. The fourth-order valence-corrected chi connectivity index (χ4v) is 5.14. The van der Waals surface area contributed by atoms with Crippen LogP contribution in [0.4, 0.5) is 0 Å². The van der Waals surface area contributed by atoms with Gasteiger partial charge in [-0.25, -0.2) is 4.98 Å². The van der Waals surface area contributed by atoms with Gasteiger partial charge in [0.25, 0.3) is 11.5 Å². The molecule has 1 fully saturated rings. The third-order valence-electron chi connectivity index (χ3n) is 6.51. The number of ether oxygens (including phenoxy) is 1. The average Bonchev–Trinajstić information content (AvgIpc) is 3.05. The van der Waals surface area contributed by atoms with Gasteiger partial charge in [0.05, 0.1) is 12.3 Å². The summed E-state index contributed by atoms with van der Waals surface area (Å²) in [5.41, 5.74) is 3.39. The van der Waals surface area contributed by atoms with Crippen molar-refractivity contribution in [1.29, 1.82) is 0 Å². The number of carbonyl (C=O) groups excluding carboxylic acids is 1. The molecule has 0 bridgehead atoms. The zero-order chi connectivity index (χ0) is 19.3. The van der Waals surface area contributed by atoms with Gasteiger partial charge in [0.2, 0.25) is 0 Å². The highest BCUT2D eigenvalue weighted by molar-refractivity contribution is 5.94. The van der Waals surface area contributed by atoms with Crippen molar-refractivity contribution < 1.29 is 9.53 Å². The minimum Gasteiger partial charge on any atom is -0.493 e. The Bertz CT molecular complexity index is 1010. The molecule has 3 heterocycles. The summed E-state index contributed by atoms with van der Waals surface area (Å²) in [5.74, 6) is 1.63. The molecule has 2 aromatic rings. The third-order valence-corrected chi connectivity index (χ3v) is 6.51. The van der Waals surface area contributed by atoms with E-state index in [1.54, 1.807) is 0 Å². The first-order chi connectivity index (χ1) is 13.6. The van der Waals surface area contributed by atoms with Crippen molar-refractivity contribution in [2.75, 3.05) is 19.7 Å². The van der Waals surface area contributed by atoms with Crippen molar-refractivity contribution in [2.24, 2.45) is 0 Å². The van der Waals surface area contributed by atoms with Crippen LogP contribution in [0.3, 0.4) is 0 Å². The van der Waals surface area contributed by atoms with Crippen molar-refractivity contribution in [2.45, 2.75) is 50.9 Å². The normalized spacial score (nSPS) is 23.2. The number of carbonyl (C=O) groups is 1. The van der Waals surface area contributed by atoms with Crippen LogP contribution in [0.25, 0.3) is 0 Å². The van der Waals surface area contributed by atoms with E-state index in [0.29, 0.717) is 12.4 Å². The third kappa shape index (κ3) is 2.74. The Balaban J connectivity index is 1.44. The largest absolute Gasteiger partial charge is 0.493 e. The quantitative estimate of drug-likeness (QED) is 0.826. The molecule has 1 unspecified atom stereocenters. The molecule has 1 N–H and O–H groups in total. The molecule has 1 atom stereocenters. The van der Waals surface area contributed by atoms with E-state index in [1.165, 1.54) is 0 Å². The minimum absolute atomic E-state index is 0.0162. The second-order valence-electron chi connectivity index (χ2n) is 8.36. The highest BCUT2D eigenvalue weighted by atomic mass is 16.5. The van der Waals surface area contributed by atoms with Crippen LogP contribution < -0.4 is 10.3 Å². The smallest absolute Gasteiger partial charge is 0.254 e. The molecule has 0 radical (unpaired) electrons. The molecule has 2 aliphatic heterocycles. The summed E-state index contributed by atoms with van der Waals surface area (Å²) < 4.78 is 5.68. The number of benzene rings is 1. The Morgan fingerprint density at radius 2 is 2.14 bits per heavy atom. The zero-order valence-electron chi connectivity index (χ0n) is 16.2. The van der Waals surface area contributed by atoms with Gasteiger partial charge in [-0.05, 0) is 69.2 Å². The Kier molecular flexibility index (Phi) is 4.03. The monoisotopic (exact) mass is 379 g/mol. The van der Waals surface area contributed by atoms with E-state index in [2.05, 4.69) is 4.98 Å². The van der Waals surface area contributed by atoms with Gasteiger partial charge in [-0.3, -0.25) is 9.59 Å². The Hall–Kier alpha value is -2.63. The summed E-state index contributed by atoms with van der Waals surface area (Å²) in [6.07, 6.45) is 5.51. The van der Waals surface area contributed by atoms with Gasteiger partial charge in [-0.2, -0.15) is 0 Å². The highest BCUT2D eigenvalue weighted by Gasteiger charge is 2.45. The lowest BCUT2D eigenvalue weighted by Crippen LogP contribution is -2.48. The molecule has 6 nitrogen and oxygen atoms in total. The van der Waals surface area contributed by atoms with Crippen LogP contribution in [-0.2, 0) is 18.3 Å². The molecule has 1 aromatic heterocycles. The Morgan fingerprint density at radius 1 is 1.25 bits per heavy atom. The maximum atomic E-state index is 13.3. The molecule has 1 aliphatic carbocycles. The number of piperidine rings is 1. The molecule has 146 valence electrons. The van der Waals surface area contributed by atoms with Crippen LogP contribution in [0.15, 0.2) is 23.0 Å². The molecule has 0 saturated carbocycles. The van der Waals surface area contributed by atoms with Crippen molar-refractivity contribution in [1.82, 2.24) is 14.9 Å². The lowest BCUT2D eigenvalue weighted by atomic mass is 9.77. The SMILES string of the molecule is Cc1nc2c(c(=O)[nH]1)CCC21CCCN(C(=O)c2ccc3c(c2)CCCO3)C1. The summed E-state index contributed by atoms with van der Waals surface area (Å²) in [4.78, 5) is 35.1. The Labute approximate surface area is 163 Å². The molecule has 1 aromatic carbocycles. The van der Waals surface area contributed by atoms with Crippen LogP contribution in [-0.4, -0.2) is 40.5 Å². The number of nitrogens with one attached hydrogen (secondary N) is 1. The maximum Gasteiger partial charge on any atom is 0.254 e. The van der Waals surface area contributed by atoms with Crippen LogP contribution >= 0.6 is 0 Å². The zero-order valence-corrected chi connectivity index (χ0v) is 16.2. The number of hydrogen-bond acceptors (Lipinski definition) is 4.